The third kappa shape index (κ3) is 0.873. The van der Waals surface area contributed by atoms with E-state index in [0.717, 1.165) is 0 Å². The van der Waals surface area contributed by atoms with E-state index in [9.17, 15) is 0 Å². The Balaban J connectivity index is 2.69. The molecular formula is C3H5N3OS. The maximum atomic E-state index is 4.75. The van der Waals surface area contributed by atoms with Crippen molar-refractivity contribution in [2.75, 3.05) is 7.11 Å². The molecule has 0 fully saturated rings. The first-order valence-corrected chi connectivity index (χ1v) is 2.45. The van der Waals surface area contributed by atoms with Crippen LogP contribution in [0.25, 0.3) is 0 Å². The van der Waals surface area contributed by atoms with Crippen molar-refractivity contribution in [1.29, 1.82) is 0 Å². The van der Waals surface area contributed by atoms with Gasteiger partial charge in [-0.2, -0.15) is 0 Å². The molecule has 8 heavy (non-hydrogen) atoms. The molecule has 0 aromatic rings. The van der Waals surface area contributed by atoms with E-state index >= 15 is 0 Å². The van der Waals surface area contributed by atoms with Crippen LogP contribution in [0.5, 0.6) is 0 Å². The smallest absolute Gasteiger partial charge is 0.264 e. The van der Waals surface area contributed by atoms with E-state index < -0.39 is 5.06 Å². The highest BCUT2D eigenvalue weighted by atomic mass is 32.1. The van der Waals surface area contributed by atoms with E-state index in [0.29, 0.717) is 0 Å². The van der Waals surface area contributed by atoms with Crippen molar-refractivity contribution >= 4 is 18.8 Å². The summed E-state index contributed by atoms with van der Waals surface area (Å²) in [6.07, 6.45) is 1.41. The fourth-order valence-electron chi connectivity index (χ4n) is 0.310. The molecule has 0 saturated carbocycles. The molecular weight excluding hydrogens is 126 g/mol. The Kier molecular flexibility index (Phi) is 1.31. The van der Waals surface area contributed by atoms with Crippen LogP contribution < -0.4 is 0 Å². The summed E-state index contributed by atoms with van der Waals surface area (Å²) in [5.41, 5.74) is 0. The molecule has 0 N–H and O–H groups in total. The summed E-state index contributed by atoms with van der Waals surface area (Å²) in [7, 11) is 1.49. The van der Waals surface area contributed by atoms with Gasteiger partial charge in [0.25, 0.3) is 5.06 Å². The van der Waals surface area contributed by atoms with Crippen molar-refractivity contribution in [3.8, 4) is 0 Å². The van der Waals surface area contributed by atoms with E-state index in [1.807, 2.05) is 0 Å². The normalized spacial score (nSPS) is 34.2. The van der Waals surface area contributed by atoms with Gasteiger partial charge < -0.3 is 4.74 Å². The average molecular weight is 131 g/mol. The number of nitrogens with zero attached hydrogens (tertiary/aromatic N) is 3. The lowest BCUT2D eigenvalue weighted by molar-refractivity contribution is 0.139. The fourth-order valence-corrected chi connectivity index (χ4v) is 0.402. The van der Waals surface area contributed by atoms with E-state index in [4.69, 9.17) is 4.74 Å². The highest BCUT2D eigenvalue weighted by Crippen LogP contribution is 2.18. The predicted octanol–water partition coefficient (Wildman–Crippen LogP) is 0.668. The molecule has 0 aromatic carbocycles. The van der Waals surface area contributed by atoms with Gasteiger partial charge in [-0.3, -0.25) is 0 Å². The summed E-state index contributed by atoms with van der Waals surface area (Å²) < 4.78 is 4.75. The van der Waals surface area contributed by atoms with Crippen molar-refractivity contribution in [2.24, 2.45) is 15.4 Å². The van der Waals surface area contributed by atoms with Crippen molar-refractivity contribution in [2.45, 2.75) is 5.06 Å². The summed E-state index contributed by atoms with van der Waals surface area (Å²) in [5.74, 6) is 0. The average Bonchev–Trinajstić information content (AvgIpc) is 2.17. The third-order valence-electron chi connectivity index (χ3n) is 0.766. The minimum atomic E-state index is -0.903. The van der Waals surface area contributed by atoms with Crippen LogP contribution in [0, 0.1) is 0 Å². The van der Waals surface area contributed by atoms with Crippen LogP contribution in [0.3, 0.4) is 0 Å². The summed E-state index contributed by atoms with van der Waals surface area (Å²) in [6, 6.07) is 0. The van der Waals surface area contributed by atoms with Gasteiger partial charge in [0.15, 0.2) is 0 Å². The monoisotopic (exact) mass is 131 g/mol. The Labute approximate surface area is 52.0 Å². The van der Waals surface area contributed by atoms with Crippen LogP contribution in [0.1, 0.15) is 0 Å². The zero-order valence-electron chi connectivity index (χ0n) is 4.27. The van der Waals surface area contributed by atoms with Crippen LogP contribution in [0.2, 0.25) is 0 Å². The number of hydrogen-bond acceptors (Lipinski definition) is 5. The molecule has 1 rings (SSSR count). The van der Waals surface area contributed by atoms with Crippen LogP contribution in [0.4, 0.5) is 0 Å². The fraction of sp³-hybridized carbons (Fsp3) is 0.667. The van der Waals surface area contributed by atoms with Gasteiger partial charge in [-0.15, -0.1) is 22.8 Å². The molecule has 0 bridgehead atoms. The second-order valence-corrected chi connectivity index (χ2v) is 1.94. The molecule has 0 radical (unpaired) electrons. The van der Waals surface area contributed by atoms with Gasteiger partial charge in [0.1, 0.15) is 0 Å². The second kappa shape index (κ2) is 1.83. The highest BCUT2D eigenvalue weighted by molar-refractivity contribution is 7.82. The first-order chi connectivity index (χ1) is 3.77. The highest BCUT2D eigenvalue weighted by Gasteiger charge is 2.24. The van der Waals surface area contributed by atoms with E-state index in [2.05, 4.69) is 28.1 Å². The minimum Gasteiger partial charge on any atom is -0.343 e. The lowest BCUT2D eigenvalue weighted by Crippen LogP contribution is -2.19. The third-order valence-corrected chi connectivity index (χ3v) is 1.15. The molecule has 1 heterocycles. The Bertz CT molecular complexity index is 131. The molecule has 0 amide bonds. The minimum absolute atomic E-state index is 0.903. The summed E-state index contributed by atoms with van der Waals surface area (Å²) in [6.45, 7) is 0. The van der Waals surface area contributed by atoms with Crippen molar-refractivity contribution in [3.05, 3.63) is 0 Å². The molecule has 0 aliphatic carbocycles. The van der Waals surface area contributed by atoms with Crippen LogP contribution >= 0.6 is 12.6 Å². The summed E-state index contributed by atoms with van der Waals surface area (Å²) in [4.78, 5) is 0. The van der Waals surface area contributed by atoms with Gasteiger partial charge in [-0.05, 0) is 5.22 Å². The van der Waals surface area contributed by atoms with Gasteiger partial charge in [0.2, 0.25) is 0 Å². The molecule has 4 nitrogen and oxygen atoms in total. The number of ether oxygens (including phenoxy) is 1. The quantitative estimate of drug-likeness (QED) is 0.412. The molecule has 0 aromatic heterocycles. The zero-order chi connectivity index (χ0) is 6.04. The van der Waals surface area contributed by atoms with Gasteiger partial charge in [0, 0.05) is 7.11 Å². The van der Waals surface area contributed by atoms with Crippen LogP contribution in [0.15, 0.2) is 15.4 Å². The Morgan fingerprint density at radius 2 is 2.50 bits per heavy atom. The summed E-state index contributed by atoms with van der Waals surface area (Å²) >= 11 is 3.95. The largest absolute Gasteiger partial charge is 0.343 e. The van der Waals surface area contributed by atoms with Crippen LogP contribution in [-0.2, 0) is 4.74 Å². The lowest BCUT2D eigenvalue weighted by Gasteiger charge is -2.08. The number of methoxy groups -OCH3 is 1. The summed E-state index contributed by atoms with van der Waals surface area (Å²) in [5, 5.41) is 9.37. The zero-order valence-corrected chi connectivity index (χ0v) is 5.17. The molecule has 0 saturated heterocycles. The Morgan fingerprint density at radius 3 is 2.75 bits per heavy atom. The van der Waals surface area contributed by atoms with Gasteiger partial charge in [0.05, 0.1) is 6.21 Å². The maximum Gasteiger partial charge on any atom is 0.264 e. The molecule has 1 atom stereocenters. The van der Waals surface area contributed by atoms with Gasteiger partial charge >= 0.3 is 0 Å². The van der Waals surface area contributed by atoms with Crippen LogP contribution in [-0.4, -0.2) is 18.4 Å². The molecule has 0 spiro atoms. The Morgan fingerprint density at radius 1 is 1.75 bits per heavy atom. The van der Waals surface area contributed by atoms with Crippen molar-refractivity contribution in [1.82, 2.24) is 0 Å². The maximum absolute atomic E-state index is 4.75. The molecule has 44 valence electrons. The number of hydrogen-bond donors (Lipinski definition) is 1. The second-order valence-electron chi connectivity index (χ2n) is 1.30. The SMILES string of the molecule is COC1(S)C=NN=N1. The standard InChI is InChI=1S/C3H5N3OS/c1-7-3(8)2-4-6-5-3/h2,8H,1H3. The van der Waals surface area contributed by atoms with E-state index in [-0.39, 0.29) is 0 Å². The van der Waals surface area contributed by atoms with Crippen molar-refractivity contribution < 1.29 is 4.74 Å². The molecule has 1 aliphatic heterocycles. The first-order valence-electron chi connectivity index (χ1n) is 2.01. The lowest BCUT2D eigenvalue weighted by atomic mass is 10.6. The molecule has 5 heteroatoms. The van der Waals surface area contributed by atoms with Gasteiger partial charge in [-0.1, -0.05) is 0 Å². The topological polar surface area (TPSA) is 46.3 Å². The van der Waals surface area contributed by atoms with Gasteiger partial charge in [-0.25, -0.2) is 0 Å². The molecule has 1 aliphatic rings. The van der Waals surface area contributed by atoms with Crippen molar-refractivity contribution in [3.63, 3.8) is 0 Å². The number of rotatable bonds is 1. The first kappa shape index (κ1) is 5.71. The number of thiol groups is 1. The molecule has 1 unspecified atom stereocenters. The Hall–Kier alpha value is -0.420. The predicted molar refractivity (Wildman–Crippen MR) is 32.1 cm³/mol. The van der Waals surface area contributed by atoms with E-state index in [1.165, 1.54) is 13.3 Å². The van der Waals surface area contributed by atoms with E-state index in [1.54, 1.807) is 0 Å².